The lowest BCUT2D eigenvalue weighted by Gasteiger charge is -2.02. The fourth-order valence-corrected chi connectivity index (χ4v) is 3.14. The molecule has 0 amide bonds. The van der Waals surface area contributed by atoms with Gasteiger partial charge in [-0.25, -0.2) is 4.98 Å². The lowest BCUT2D eigenvalue weighted by Crippen LogP contribution is -1.94. The van der Waals surface area contributed by atoms with Crippen LogP contribution in [0.15, 0.2) is 12.4 Å². The Kier molecular flexibility index (Phi) is 3.18. The highest BCUT2D eigenvalue weighted by atomic mass is 127. The number of hydrogen-bond donors (Lipinski definition) is 0. The first-order valence-corrected chi connectivity index (χ1v) is 6.54. The van der Waals surface area contributed by atoms with E-state index in [1.807, 2.05) is 6.07 Å². The third-order valence-corrected chi connectivity index (χ3v) is 6.61. The third kappa shape index (κ3) is 1.89. The zero-order valence-electron chi connectivity index (χ0n) is 6.13. The van der Waals surface area contributed by atoms with E-state index in [1.165, 1.54) is 13.5 Å². The molecular weight excluding hydrogens is 507 g/mol. The largest absolute Gasteiger partial charge is 0.232 e. The lowest BCUT2D eigenvalue weighted by atomic mass is 10.3. The molecule has 66 valence electrons. The van der Waals surface area contributed by atoms with Gasteiger partial charge in [-0.1, -0.05) is 0 Å². The monoisotopic (exact) mass is 509 g/mol. The van der Waals surface area contributed by atoms with Crippen molar-refractivity contribution in [2.45, 2.75) is 0 Å². The molecule has 0 radical (unpaired) electrons. The highest BCUT2D eigenvalue weighted by molar-refractivity contribution is 14.1. The summed E-state index contributed by atoms with van der Waals surface area (Å²) in [5.41, 5.74) is 1.79. The summed E-state index contributed by atoms with van der Waals surface area (Å²) in [5, 5.41) is 7.77. The van der Waals surface area contributed by atoms with Gasteiger partial charge in [-0.05, 0) is 73.8 Å². The van der Waals surface area contributed by atoms with E-state index < -0.39 is 0 Å². The molecule has 0 N–H and O–H groups in total. The molecule has 0 unspecified atom stereocenters. The van der Waals surface area contributed by atoms with Crippen LogP contribution in [0, 0.1) is 10.7 Å². The van der Waals surface area contributed by atoms with Crippen LogP contribution in [0.4, 0.5) is 0 Å². The van der Waals surface area contributed by atoms with E-state index in [4.69, 9.17) is 0 Å². The minimum atomic E-state index is 0.858. The van der Waals surface area contributed by atoms with Gasteiger partial charge in [0.25, 0.3) is 0 Å². The highest BCUT2D eigenvalue weighted by Crippen LogP contribution is 2.26. The van der Waals surface area contributed by atoms with Gasteiger partial charge in [0, 0.05) is 7.14 Å². The van der Waals surface area contributed by atoms with Crippen LogP contribution >= 0.6 is 67.8 Å². The first kappa shape index (κ1) is 10.2. The minimum absolute atomic E-state index is 0.858. The molecule has 0 fully saturated rings. The maximum Gasteiger partial charge on any atom is 0.138 e. The summed E-state index contributed by atoms with van der Waals surface area (Å²) in [6.45, 7) is 0. The fourth-order valence-electron chi connectivity index (χ4n) is 0.944. The molecule has 0 spiro atoms. The standard InChI is InChI=1S/C7H2I3N3/c8-3-1-4-7(6(10)5(3)9)11-2-12-13-4/h1-2H. The molecule has 0 aliphatic heterocycles. The zero-order valence-corrected chi connectivity index (χ0v) is 12.6. The van der Waals surface area contributed by atoms with Crippen LogP contribution in [-0.4, -0.2) is 15.2 Å². The summed E-state index contributed by atoms with van der Waals surface area (Å²) in [6.07, 6.45) is 1.48. The Hall–Kier alpha value is 0.680. The molecule has 0 atom stereocenters. The summed E-state index contributed by atoms with van der Waals surface area (Å²) in [7, 11) is 0. The number of hydrogen-bond acceptors (Lipinski definition) is 3. The van der Waals surface area contributed by atoms with Crippen LogP contribution in [-0.2, 0) is 0 Å². The molecule has 1 aromatic carbocycles. The van der Waals surface area contributed by atoms with E-state index in [0.29, 0.717) is 0 Å². The van der Waals surface area contributed by atoms with Gasteiger partial charge < -0.3 is 0 Å². The molecule has 2 aromatic rings. The van der Waals surface area contributed by atoms with E-state index in [-0.39, 0.29) is 0 Å². The van der Waals surface area contributed by atoms with E-state index >= 15 is 0 Å². The molecule has 1 aromatic heterocycles. The van der Waals surface area contributed by atoms with Gasteiger partial charge in [0.05, 0.1) is 3.57 Å². The Labute approximate surface area is 116 Å². The van der Waals surface area contributed by atoms with Crippen LogP contribution in [0.3, 0.4) is 0 Å². The average Bonchev–Trinajstić information content (AvgIpc) is 2.15. The lowest BCUT2D eigenvalue weighted by molar-refractivity contribution is 1.02. The number of benzene rings is 1. The van der Waals surface area contributed by atoms with Crippen molar-refractivity contribution in [2.75, 3.05) is 0 Å². The molecular formula is C7H2I3N3. The van der Waals surface area contributed by atoms with Gasteiger partial charge in [-0.3, -0.25) is 0 Å². The van der Waals surface area contributed by atoms with Gasteiger partial charge in [0.1, 0.15) is 17.4 Å². The Balaban J connectivity index is 2.94. The van der Waals surface area contributed by atoms with E-state index in [0.717, 1.165) is 14.6 Å². The predicted molar refractivity (Wildman–Crippen MR) is 75.5 cm³/mol. The maximum atomic E-state index is 4.19. The molecule has 0 saturated carbocycles. The molecule has 3 nitrogen and oxygen atoms in total. The summed E-state index contributed by atoms with van der Waals surface area (Å²) in [4.78, 5) is 4.19. The molecule has 0 aliphatic carbocycles. The molecule has 0 saturated heterocycles. The number of aromatic nitrogens is 3. The second-order valence-electron chi connectivity index (χ2n) is 2.31. The van der Waals surface area contributed by atoms with Crippen LogP contribution in [0.2, 0.25) is 0 Å². The van der Waals surface area contributed by atoms with Crippen molar-refractivity contribution in [2.24, 2.45) is 0 Å². The number of halogens is 3. The van der Waals surface area contributed by atoms with Crippen molar-refractivity contribution < 1.29 is 0 Å². The van der Waals surface area contributed by atoms with Crippen LogP contribution in [0.1, 0.15) is 0 Å². The number of fused-ring (bicyclic) bond motifs is 1. The van der Waals surface area contributed by atoms with Crippen molar-refractivity contribution in [3.05, 3.63) is 23.1 Å². The SMILES string of the molecule is Ic1cc2nncnc2c(I)c1I. The van der Waals surface area contributed by atoms with Crippen molar-refractivity contribution >= 4 is 78.8 Å². The quantitative estimate of drug-likeness (QED) is 0.406. The Morgan fingerprint density at radius 1 is 1.08 bits per heavy atom. The Morgan fingerprint density at radius 3 is 2.62 bits per heavy atom. The topological polar surface area (TPSA) is 38.7 Å². The van der Waals surface area contributed by atoms with Crippen molar-refractivity contribution in [1.82, 2.24) is 15.2 Å². The fraction of sp³-hybridized carbons (Fsp3) is 0. The summed E-state index contributed by atoms with van der Waals surface area (Å²) in [6, 6.07) is 2.00. The molecule has 0 bridgehead atoms. The normalized spacial score (nSPS) is 10.7. The first-order valence-electron chi connectivity index (χ1n) is 3.31. The van der Waals surface area contributed by atoms with Crippen molar-refractivity contribution in [3.63, 3.8) is 0 Å². The van der Waals surface area contributed by atoms with Gasteiger partial charge >= 0.3 is 0 Å². The van der Waals surface area contributed by atoms with Gasteiger partial charge in [0.2, 0.25) is 0 Å². The Morgan fingerprint density at radius 2 is 1.85 bits per heavy atom. The highest BCUT2D eigenvalue weighted by Gasteiger charge is 2.08. The summed E-state index contributed by atoms with van der Waals surface area (Å²) in [5.74, 6) is 0. The van der Waals surface area contributed by atoms with Crippen molar-refractivity contribution in [3.8, 4) is 0 Å². The second kappa shape index (κ2) is 4.04. The molecule has 2 rings (SSSR count). The first-order chi connectivity index (χ1) is 6.20. The summed E-state index contributed by atoms with van der Waals surface area (Å²) < 4.78 is 3.57. The third-order valence-electron chi connectivity index (χ3n) is 1.52. The van der Waals surface area contributed by atoms with Gasteiger partial charge in [-0.2, -0.15) is 0 Å². The smallest absolute Gasteiger partial charge is 0.138 e. The summed E-state index contributed by atoms with van der Waals surface area (Å²) >= 11 is 6.89. The average molecular weight is 509 g/mol. The second-order valence-corrected chi connectivity index (χ2v) is 5.63. The minimum Gasteiger partial charge on any atom is -0.232 e. The van der Waals surface area contributed by atoms with Crippen LogP contribution < -0.4 is 0 Å². The molecule has 0 aliphatic rings. The van der Waals surface area contributed by atoms with Gasteiger partial charge in [-0.15, -0.1) is 10.2 Å². The molecule has 6 heteroatoms. The van der Waals surface area contributed by atoms with Crippen molar-refractivity contribution in [1.29, 1.82) is 0 Å². The van der Waals surface area contributed by atoms with E-state index in [1.54, 1.807) is 0 Å². The number of rotatable bonds is 0. The van der Waals surface area contributed by atoms with Gasteiger partial charge in [0.15, 0.2) is 0 Å². The Bertz CT molecular complexity index is 472. The van der Waals surface area contributed by atoms with Crippen LogP contribution in [0.5, 0.6) is 0 Å². The predicted octanol–water partition coefficient (Wildman–Crippen LogP) is 2.84. The maximum absolute atomic E-state index is 4.19. The zero-order chi connectivity index (χ0) is 9.42. The van der Waals surface area contributed by atoms with E-state index in [2.05, 4.69) is 83.0 Å². The molecule has 13 heavy (non-hydrogen) atoms. The van der Waals surface area contributed by atoms with Crippen LogP contribution in [0.25, 0.3) is 11.0 Å². The number of nitrogens with zero attached hydrogens (tertiary/aromatic N) is 3. The van der Waals surface area contributed by atoms with E-state index in [9.17, 15) is 0 Å². The molecule has 1 heterocycles.